The quantitative estimate of drug-likeness (QED) is 0.909. The molecule has 1 atom stereocenters. The van der Waals surface area contributed by atoms with Gasteiger partial charge in [0.2, 0.25) is 5.91 Å². The highest BCUT2D eigenvalue weighted by Gasteiger charge is 2.10. The van der Waals surface area contributed by atoms with E-state index in [2.05, 4.69) is 10.3 Å². The minimum absolute atomic E-state index is 0.0604. The van der Waals surface area contributed by atoms with Crippen LogP contribution in [0.3, 0.4) is 0 Å². The van der Waals surface area contributed by atoms with Crippen LogP contribution < -0.4 is 11.1 Å². The number of anilines is 1. The van der Waals surface area contributed by atoms with Crippen molar-refractivity contribution in [3.05, 3.63) is 45.4 Å². The van der Waals surface area contributed by atoms with Crippen LogP contribution in [0.2, 0.25) is 0 Å². The van der Waals surface area contributed by atoms with Crippen LogP contribution in [0.15, 0.2) is 23.6 Å². The van der Waals surface area contributed by atoms with E-state index in [1.165, 1.54) is 16.9 Å². The zero-order valence-corrected chi connectivity index (χ0v) is 12.8. The molecule has 1 unspecified atom stereocenters. The minimum atomic E-state index is -0.0865. The maximum absolute atomic E-state index is 12.0. The lowest BCUT2D eigenvalue weighted by molar-refractivity contribution is -0.115. The molecule has 5 heteroatoms. The van der Waals surface area contributed by atoms with Crippen molar-refractivity contribution in [2.24, 2.45) is 5.73 Å². The Kier molecular flexibility index (Phi) is 4.52. The van der Waals surface area contributed by atoms with Crippen molar-refractivity contribution in [2.45, 2.75) is 33.2 Å². The van der Waals surface area contributed by atoms with E-state index >= 15 is 0 Å². The number of amides is 1. The predicted molar refractivity (Wildman–Crippen MR) is 83.0 cm³/mol. The molecule has 106 valence electrons. The van der Waals surface area contributed by atoms with Gasteiger partial charge in [0.15, 0.2) is 0 Å². The number of aromatic nitrogens is 1. The third-order valence-electron chi connectivity index (χ3n) is 3.09. The summed E-state index contributed by atoms with van der Waals surface area (Å²) in [6.45, 7) is 5.96. The first-order valence-corrected chi connectivity index (χ1v) is 7.40. The van der Waals surface area contributed by atoms with E-state index in [1.807, 2.05) is 44.4 Å². The molecule has 1 heterocycles. The second-order valence-corrected chi connectivity index (χ2v) is 5.88. The van der Waals surface area contributed by atoms with Crippen LogP contribution >= 0.6 is 11.3 Å². The van der Waals surface area contributed by atoms with E-state index in [9.17, 15) is 4.79 Å². The van der Waals surface area contributed by atoms with Crippen LogP contribution in [0, 0.1) is 13.8 Å². The third-order valence-corrected chi connectivity index (χ3v) is 4.19. The van der Waals surface area contributed by atoms with Crippen molar-refractivity contribution >= 4 is 22.9 Å². The fourth-order valence-corrected chi connectivity index (χ4v) is 2.58. The van der Waals surface area contributed by atoms with E-state index in [0.717, 1.165) is 22.0 Å². The van der Waals surface area contributed by atoms with Crippen molar-refractivity contribution in [2.75, 3.05) is 5.32 Å². The highest BCUT2D eigenvalue weighted by atomic mass is 32.1. The average molecular weight is 289 g/mol. The predicted octanol–water partition coefficient (Wildman–Crippen LogP) is 2.96. The van der Waals surface area contributed by atoms with Crippen LogP contribution in [-0.4, -0.2) is 10.9 Å². The van der Waals surface area contributed by atoms with E-state index < -0.39 is 0 Å². The Balaban J connectivity index is 1.99. The Morgan fingerprint density at radius 2 is 2.15 bits per heavy atom. The highest BCUT2D eigenvalue weighted by Crippen LogP contribution is 2.17. The van der Waals surface area contributed by atoms with E-state index in [1.54, 1.807) is 0 Å². The molecule has 1 amide bonds. The number of hydrogen-bond acceptors (Lipinski definition) is 4. The number of rotatable bonds is 4. The third kappa shape index (κ3) is 3.65. The molecule has 1 aromatic heterocycles. The van der Waals surface area contributed by atoms with Crippen LogP contribution in [0.25, 0.3) is 0 Å². The van der Waals surface area contributed by atoms with Gasteiger partial charge in [-0.2, -0.15) is 0 Å². The maximum Gasteiger partial charge on any atom is 0.230 e. The molecule has 0 fully saturated rings. The van der Waals surface area contributed by atoms with Crippen molar-refractivity contribution in [1.29, 1.82) is 0 Å². The smallest absolute Gasteiger partial charge is 0.230 e. The van der Waals surface area contributed by atoms with Gasteiger partial charge in [0.05, 0.1) is 18.2 Å². The molecule has 2 rings (SSSR count). The molecule has 0 aliphatic rings. The van der Waals surface area contributed by atoms with E-state index in [-0.39, 0.29) is 18.4 Å². The Labute approximate surface area is 123 Å². The van der Waals surface area contributed by atoms with Crippen molar-refractivity contribution in [3.63, 3.8) is 0 Å². The number of nitrogens with one attached hydrogen (secondary N) is 1. The first-order valence-electron chi connectivity index (χ1n) is 6.52. The number of carbonyl (C=O) groups is 1. The zero-order chi connectivity index (χ0) is 14.7. The maximum atomic E-state index is 12.0. The summed E-state index contributed by atoms with van der Waals surface area (Å²) in [6.07, 6.45) is 0.274. The minimum Gasteiger partial charge on any atom is -0.326 e. The van der Waals surface area contributed by atoms with Gasteiger partial charge in [0.25, 0.3) is 0 Å². The SMILES string of the molecule is Cc1ccc(NC(=O)Cc2csc(C(C)N)n2)cc1C. The zero-order valence-electron chi connectivity index (χ0n) is 11.9. The van der Waals surface area contributed by atoms with Gasteiger partial charge in [-0.1, -0.05) is 6.07 Å². The van der Waals surface area contributed by atoms with Crippen LogP contribution in [0.5, 0.6) is 0 Å². The second-order valence-electron chi connectivity index (χ2n) is 4.99. The summed E-state index contributed by atoms with van der Waals surface area (Å²) in [6, 6.07) is 5.80. The highest BCUT2D eigenvalue weighted by molar-refractivity contribution is 7.09. The van der Waals surface area contributed by atoms with Crippen molar-refractivity contribution < 1.29 is 4.79 Å². The van der Waals surface area contributed by atoms with Crippen LogP contribution in [0.4, 0.5) is 5.69 Å². The van der Waals surface area contributed by atoms with Gasteiger partial charge in [-0.15, -0.1) is 11.3 Å². The van der Waals surface area contributed by atoms with Gasteiger partial charge in [-0.3, -0.25) is 4.79 Å². The van der Waals surface area contributed by atoms with Gasteiger partial charge in [-0.25, -0.2) is 4.98 Å². The molecule has 0 radical (unpaired) electrons. The number of hydrogen-bond donors (Lipinski definition) is 2. The largest absolute Gasteiger partial charge is 0.326 e. The van der Waals surface area contributed by atoms with Crippen molar-refractivity contribution in [1.82, 2.24) is 4.98 Å². The molecule has 2 aromatic rings. The summed E-state index contributed by atoms with van der Waals surface area (Å²) in [5.74, 6) is -0.0604. The number of nitrogens with zero attached hydrogens (tertiary/aromatic N) is 1. The van der Waals surface area contributed by atoms with E-state index in [0.29, 0.717) is 0 Å². The monoisotopic (exact) mass is 289 g/mol. The van der Waals surface area contributed by atoms with Gasteiger partial charge in [0, 0.05) is 11.1 Å². The van der Waals surface area contributed by atoms with Gasteiger partial charge >= 0.3 is 0 Å². The molecular formula is C15H19N3OS. The molecule has 0 aliphatic carbocycles. The summed E-state index contributed by atoms with van der Waals surface area (Å²) in [5, 5.41) is 5.64. The lowest BCUT2D eigenvalue weighted by atomic mass is 10.1. The summed E-state index contributed by atoms with van der Waals surface area (Å²) in [4.78, 5) is 16.3. The fraction of sp³-hybridized carbons (Fsp3) is 0.333. The summed E-state index contributed by atoms with van der Waals surface area (Å²) >= 11 is 1.49. The second kappa shape index (κ2) is 6.15. The first-order chi connectivity index (χ1) is 9.45. The fourth-order valence-electron chi connectivity index (χ4n) is 1.80. The van der Waals surface area contributed by atoms with Crippen LogP contribution in [-0.2, 0) is 11.2 Å². The topological polar surface area (TPSA) is 68.0 Å². The lowest BCUT2D eigenvalue weighted by Gasteiger charge is -2.07. The standard InChI is InChI=1S/C15H19N3OS/c1-9-4-5-12(6-10(9)2)17-14(19)7-13-8-20-15(18-13)11(3)16/h4-6,8,11H,7,16H2,1-3H3,(H,17,19). The molecule has 0 bridgehead atoms. The van der Waals surface area contributed by atoms with Gasteiger partial charge in [0.1, 0.15) is 5.01 Å². The number of aryl methyl sites for hydroxylation is 2. The molecular weight excluding hydrogens is 270 g/mol. The Hall–Kier alpha value is -1.72. The number of thiazole rings is 1. The molecule has 0 aliphatic heterocycles. The molecule has 20 heavy (non-hydrogen) atoms. The Bertz CT molecular complexity index is 619. The summed E-state index contributed by atoms with van der Waals surface area (Å²) < 4.78 is 0. The Morgan fingerprint density at radius 3 is 2.75 bits per heavy atom. The molecule has 0 saturated heterocycles. The van der Waals surface area contributed by atoms with E-state index in [4.69, 9.17) is 5.73 Å². The van der Waals surface area contributed by atoms with Gasteiger partial charge < -0.3 is 11.1 Å². The summed E-state index contributed by atoms with van der Waals surface area (Å²) in [5.41, 5.74) is 9.72. The summed E-state index contributed by atoms with van der Waals surface area (Å²) in [7, 11) is 0. The molecule has 0 saturated carbocycles. The number of carbonyl (C=O) groups excluding carboxylic acids is 1. The molecule has 4 nitrogen and oxygen atoms in total. The molecule has 1 aromatic carbocycles. The Morgan fingerprint density at radius 1 is 1.40 bits per heavy atom. The van der Waals surface area contributed by atoms with Crippen LogP contribution in [0.1, 0.15) is 34.8 Å². The molecule has 3 N–H and O–H groups in total. The number of nitrogens with two attached hydrogens (primary N) is 1. The normalized spacial score (nSPS) is 12.2. The lowest BCUT2D eigenvalue weighted by Crippen LogP contribution is -2.15. The molecule has 0 spiro atoms. The average Bonchev–Trinajstić information content (AvgIpc) is 2.82. The van der Waals surface area contributed by atoms with Gasteiger partial charge in [-0.05, 0) is 44.0 Å². The first kappa shape index (κ1) is 14.7. The number of benzene rings is 1. The van der Waals surface area contributed by atoms with Crippen molar-refractivity contribution in [3.8, 4) is 0 Å².